The number of carbonyl (C=O) groups excluding carboxylic acids is 1. The third kappa shape index (κ3) is 3.96. The van der Waals surface area contributed by atoms with Crippen molar-refractivity contribution in [1.82, 2.24) is 5.43 Å². The smallest absolute Gasteiger partial charge is 0.420 e. The van der Waals surface area contributed by atoms with E-state index >= 15 is 0 Å². The molecule has 0 aliphatic carbocycles. The highest BCUT2D eigenvalue weighted by atomic mass is 35.5. The summed E-state index contributed by atoms with van der Waals surface area (Å²) in [5, 5.41) is 22.4. The van der Waals surface area contributed by atoms with Gasteiger partial charge in [-0.25, -0.2) is 5.43 Å². The molecule has 0 aliphatic rings. The lowest BCUT2D eigenvalue weighted by atomic mass is 10.1. The number of hydrogen-bond acceptors (Lipinski definition) is 4. The van der Waals surface area contributed by atoms with Crippen molar-refractivity contribution in [2.75, 3.05) is 0 Å². The lowest BCUT2D eigenvalue weighted by Gasteiger charge is -2.11. The number of halogens is 4. The topological polar surface area (TPSA) is 81.9 Å². The van der Waals surface area contributed by atoms with Crippen LogP contribution in [0.3, 0.4) is 0 Å². The molecule has 0 radical (unpaired) electrons. The van der Waals surface area contributed by atoms with Crippen LogP contribution in [0.1, 0.15) is 21.5 Å². The van der Waals surface area contributed by atoms with E-state index in [2.05, 4.69) is 5.10 Å². The molecule has 9 heteroatoms. The molecule has 24 heavy (non-hydrogen) atoms. The van der Waals surface area contributed by atoms with Crippen molar-refractivity contribution >= 4 is 23.7 Å². The molecule has 3 N–H and O–H groups in total. The first-order valence-electron chi connectivity index (χ1n) is 6.41. The summed E-state index contributed by atoms with van der Waals surface area (Å²) in [6.45, 7) is 0. The molecule has 0 bridgehead atoms. The van der Waals surface area contributed by atoms with E-state index < -0.39 is 23.4 Å². The minimum absolute atomic E-state index is 0.0686. The molecule has 0 fully saturated rings. The van der Waals surface area contributed by atoms with Gasteiger partial charge in [0.2, 0.25) is 0 Å². The molecule has 0 aromatic heterocycles. The van der Waals surface area contributed by atoms with E-state index in [1.807, 2.05) is 5.43 Å². The Morgan fingerprint density at radius 1 is 1.21 bits per heavy atom. The van der Waals surface area contributed by atoms with Crippen LogP contribution >= 0.6 is 11.6 Å². The summed E-state index contributed by atoms with van der Waals surface area (Å²) in [6.07, 6.45) is -3.98. The van der Waals surface area contributed by atoms with Crippen LogP contribution in [0.2, 0.25) is 5.02 Å². The summed E-state index contributed by atoms with van der Waals surface area (Å²) in [6, 6.07) is 7.28. The Morgan fingerprint density at radius 2 is 1.88 bits per heavy atom. The van der Waals surface area contributed by atoms with E-state index in [1.54, 1.807) is 0 Å². The van der Waals surface area contributed by atoms with Gasteiger partial charge >= 0.3 is 6.18 Å². The second-order valence-corrected chi connectivity index (χ2v) is 5.04. The van der Waals surface area contributed by atoms with Crippen LogP contribution in [0.25, 0.3) is 0 Å². The third-order valence-corrected chi connectivity index (χ3v) is 3.15. The minimum atomic E-state index is -4.79. The summed E-state index contributed by atoms with van der Waals surface area (Å²) in [5.41, 5.74) is 0.317. The third-order valence-electron chi connectivity index (χ3n) is 2.93. The van der Waals surface area contributed by atoms with Crippen molar-refractivity contribution in [2.24, 2.45) is 5.10 Å². The highest BCUT2D eigenvalue weighted by molar-refractivity contribution is 6.31. The number of phenols is 2. The number of hydrazone groups is 1. The quantitative estimate of drug-likeness (QED) is 0.580. The lowest BCUT2D eigenvalue weighted by Crippen LogP contribution is -2.17. The van der Waals surface area contributed by atoms with Crippen LogP contribution in [0.15, 0.2) is 41.5 Å². The number of carbonyl (C=O) groups is 1. The zero-order valence-corrected chi connectivity index (χ0v) is 12.6. The molecule has 5 nitrogen and oxygen atoms in total. The predicted octanol–water partition coefficient (Wildman–Crippen LogP) is 3.53. The van der Waals surface area contributed by atoms with Crippen molar-refractivity contribution in [2.45, 2.75) is 6.18 Å². The molecular formula is C15H10ClF3N2O3. The molecule has 2 aromatic carbocycles. The molecule has 0 spiro atoms. The highest BCUT2D eigenvalue weighted by Crippen LogP contribution is 2.38. The molecule has 0 saturated carbocycles. The SMILES string of the molecule is O=C(NN=Cc1cc(Cl)cc(C(F)(F)F)c1O)c1ccccc1O. The number of nitrogens with one attached hydrogen (secondary N) is 1. The first-order valence-corrected chi connectivity index (χ1v) is 6.79. The van der Waals surface area contributed by atoms with Gasteiger partial charge < -0.3 is 10.2 Å². The van der Waals surface area contributed by atoms with Crippen LogP contribution in [-0.4, -0.2) is 22.3 Å². The zero-order chi connectivity index (χ0) is 17.9. The Labute approximate surface area is 139 Å². The summed E-state index contributed by atoms with van der Waals surface area (Å²) >= 11 is 5.59. The van der Waals surface area contributed by atoms with Gasteiger partial charge in [-0.3, -0.25) is 4.79 Å². The molecule has 1 amide bonds. The second-order valence-electron chi connectivity index (χ2n) is 4.61. The molecule has 0 unspecified atom stereocenters. The first kappa shape index (κ1) is 17.6. The zero-order valence-electron chi connectivity index (χ0n) is 11.8. The number of nitrogens with zero attached hydrogens (tertiary/aromatic N) is 1. The maximum Gasteiger partial charge on any atom is 0.420 e. The second kappa shape index (κ2) is 6.79. The fourth-order valence-corrected chi connectivity index (χ4v) is 2.05. The largest absolute Gasteiger partial charge is 0.507 e. The fraction of sp³-hybridized carbons (Fsp3) is 0.0667. The molecule has 126 valence electrons. The van der Waals surface area contributed by atoms with Crippen LogP contribution in [-0.2, 0) is 6.18 Å². The standard InChI is InChI=1S/C15H10ClF3N2O3/c16-9-5-8(13(23)11(6-9)15(17,18)19)7-20-21-14(24)10-3-1-2-4-12(10)22/h1-7,22-23H,(H,21,24). The average molecular weight is 359 g/mol. The Bertz CT molecular complexity index is 807. The van der Waals surface area contributed by atoms with Crippen molar-refractivity contribution in [3.05, 3.63) is 58.1 Å². The number of aromatic hydroxyl groups is 2. The van der Waals surface area contributed by atoms with Gasteiger partial charge in [0.1, 0.15) is 11.5 Å². The van der Waals surface area contributed by atoms with E-state index in [1.165, 1.54) is 24.3 Å². The Kier molecular flexibility index (Phi) is 4.99. The number of para-hydroxylation sites is 1. The maximum atomic E-state index is 12.8. The molecular weight excluding hydrogens is 349 g/mol. The normalized spacial score (nSPS) is 11.7. The molecule has 2 aromatic rings. The van der Waals surface area contributed by atoms with Gasteiger partial charge in [-0.1, -0.05) is 23.7 Å². The molecule has 0 saturated heterocycles. The van der Waals surface area contributed by atoms with Crippen LogP contribution in [0.4, 0.5) is 13.2 Å². The number of hydrogen-bond donors (Lipinski definition) is 3. The predicted molar refractivity (Wildman–Crippen MR) is 81.3 cm³/mol. The maximum absolute atomic E-state index is 12.8. The molecule has 2 rings (SSSR count). The van der Waals surface area contributed by atoms with E-state index in [0.29, 0.717) is 6.07 Å². The minimum Gasteiger partial charge on any atom is -0.507 e. The molecule has 0 heterocycles. The Balaban J connectivity index is 2.23. The highest BCUT2D eigenvalue weighted by Gasteiger charge is 2.35. The van der Waals surface area contributed by atoms with Crippen molar-refractivity contribution in [3.8, 4) is 11.5 Å². The number of amides is 1. The number of phenolic OH excluding ortho intramolecular Hbond substituents is 2. The van der Waals surface area contributed by atoms with Crippen LogP contribution < -0.4 is 5.43 Å². The van der Waals surface area contributed by atoms with Crippen LogP contribution in [0.5, 0.6) is 11.5 Å². The van der Waals surface area contributed by atoms with Gasteiger partial charge in [0.05, 0.1) is 17.3 Å². The fourth-order valence-electron chi connectivity index (χ4n) is 1.82. The van der Waals surface area contributed by atoms with E-state index in [4.69, 9.17) is 11.6 Å². The summed E-state index contributed by atoms with van der Waals surface area (Å²) in [7, 11) is 0. The van der Waals surface area contributed by atoms with Crippen molar-refractivity contribution < 1.29 is 28.2 Å². The van der Waals surface area contributed by atoms with E-state index in [-0.39, 0.29) is 21.9 Å². The monoisotopic (exact) mass is 358 g/mol. The van der Waals surface area contributed by atoms with Gasteiger partial charge in [0, 0.05) is 10.6 Å². The summed E-state index contributed by atoms with van der Waals surface area (Å²) < 4.78 is 38.3. The van der Waals surface area contributed by atoms with Gasteiger partial charge in [-0.15, -0.1) is 0 Å². The first-order chi connectivity index (χ1) is 11.2. The van der Waals surface area contributed by atoms with Gasteiger partial charge in [0.25, 0.3) is 5.91 Å². The van der Waals surface area contributed by atoms with Crippen molar-refractivity contribution in [3.63, 3.8) is 0 Å². The number of benzene rings is 2. The van der Waals surface area contributed by atoms with Crippen molar-refractivity contribution in [1.29, 1.82) is 0 Å². The van der Waals surface area contributed by atoms with Gasteiger partial charge in [-0.05, 0) is 24.3 Å². The summed E-state index contributed by atoms with van der Waals surface area (Å²) in [4.78, 5) is 11.8. The average Bonchev–Trinajstić information content (AvgIpc) is 2.49. The van der Waals surface area contributed by atoms with Gasteiger partial charge in [-0.2, -0.15) is 18.3 Å². The van der Waals surface area contributed by atoms with Gasteiger partial charge in [0.15, 0.2) is 0 Å². The van der Waals surface area contributed by atoms with E-state index in [9.17, 15) is 28.2 Å². The Morgan fingerprint density at radius 3 is 2.50 bits per heavy atom. The lowest BCUT2D eigenvalue weighted by molar-refractivity contribution is -0.138. The number of rotatable bonds is 3. The summed E-state index contributed by atoms with van der Waals surface area (Å²) in [5.74, 6) is -2.12. The van der Waals surface area contributed by atoms with Crippen LogP contribution in [0, 0.1) is 0 Å². The Hall–Kier alpha value is -2.74. The van der Waals surface area contributed by atoms with E-state index in [0.717, 1.165) is 12.3 Å². The number of alkyl halides is 3. The molecule has 0 aliphatic heterocycles. The molecule has 0 atom stereocenters.